The van der Waals surface area contributed by atoms with E-state index in [1.165, 1.54) is 0 Å². The van der Waals surface area contributed by atoms with Gasteiger partial charge in [0.15, 0.2) is 0 Å². The Hall–Kier alpha value is -1.80. The van der Waals surface area contributed by atoms with Crippen LogP contribution in [0.1, 0.15) is 40.3 Å². The summed E-state index contributed by atoms with van der Waals surface area (Å²) in [5.41, 5.74) is 0.658. The molecule has 0 aliphatic carbocycles. The van der Waals surface area contributed by atoms with Crippen LogP contribution >= 0.6 is 0 Å². The summed E-state index contributed by atoms with van der Waals surface area (Å²) in [6.45, 7) is 7.12. The fraction of sp³-hybridized carbons (Fsp3) is 0.600. The molecule has 1 N–H and O–H groups in total. The summed E-state index contributed by atoms with van der Waals surface area (Å²) in [4.78, 5) is 14.6. The molecule has 108 valence electrons. The van der Waals surface area contributed by atoms with E-state index in [4.69, 9.17) is 4.42 Å². The molecule has 0 aromatic carbocycles. The maximum Gasteiger partial charge on any atom is 0.256 e. The van der Waals surface area contributed by atoms with E-state index in [9.17, 15) is 10.1 Å². The maximum atomic E-state index is 12.5. The fourth-order valence-corrected chi connectivity index (χ4v) is 2.67. The molecule has 1 saturated heterocycles. The van der Waals surface area contributed by atoms with Crippen LogP contribution in [-0.2, 0) is 0 Å². The Bertz CT molecular complexity index is 560. The molecular weight excluding hydrogens is 254 g/mol. The fourth-order valence-electron chi connectivity index (χ4n) is 2.67. The highest BCUT2D eigenvalue weighted by molar-refractivity contribution is 5.97. The van der Waals surface area contributed by atoms with Crippen LogP contribution in [0.5, 0.6) is 0 Å². The summed E-state index contributed by atoms with van der Waals surface area (Å²) >= 11 is 0. The number of nitrogens with zero attached hydrogens (tertiary/aromatic N) is 2. The van der Waals surface area contributed by atoms with E-state index >= 15 is 0 Å². The van der Waals surface area contributed by atoms with Gasteiger partial charge in [0.2, 0.25) is 0 Å². The number of carbonyl (C=O) groups excluding carboxylic acids is 1. The minimum absolute atomic E-state index is 0.206. The molecule has 5 nitrogen and oxygen atoms in total. The van der Waals surface area contributed by atoms with E-state index in [0.29, 0.717) is 24.2 Å². The first-order valence-corrected chi connectivity index (χ1v) is 6.87. The Morgan fingerprint density at radius 2 is 1.90 bits per heavy atom. The van der Waals surface area contributed by atoms with E-state index in [1.54, 1.807) is 6.92 Å². The molecule has 2 heterocycles. The molecule has 1 aromatic rings. The highest BCUT2D eigenvalue weighted by Gasteiger charge is 2.36. The number of aryl methyl sites for hydroxylation is 2. The third-order valence-electron chi connectivity index (χ3n) is 4.20. The lowest BCUT2D eigenvalue weighted by Crippen LogP contribution is -2.53. The van der Waals surface area contributed by atoms with Crippen LogP contribution in [0, 0.1) is 32.1 Å². The van der Waals surface area contributed by atoms with Crippen LogP contribution in [0.4, 0.5) is 0 Å². The molecule has 20 heavy (non-hydrogen) atoms. The summed E-state index contributed by atoms with van der Waals surface area (Å²) < 4.78 is 5.49. The SMILES string of the molecule is Cc1oc(C)c(C(=O)NC2(C#N)CCN(C)CC2)c1C. The summed E-state index contributed by atoms with van der Waals surface area (Å²) in [5.74, 6) is 1.16. The van der Waals surface area contributed by atoms with Gasteiger partial charge in [-0.3, -0.25) is 4.79 Å². The van der Waals surface area contributed by atoms with Crippen LogP contribution in [0.25, 0.3) is 0 Å². The number of nitrogens with one attached hydrogen (secondary N) is 1. The zero-order chi connectivity index (χ0) is 14.9. The second kappa shape index (κ2) is 5.29. The highest BCUT2D eigenvalue weighted by atomic mass is 16.3. The van der Waals surface area contributed by atoms with Crippen LogP contribution in [0.15, 0.2) is 4.42 Å². The van der Waals surface area contributed by atoms with Gasteiger partial charge < -0.3 is 14.6 Å². The van der Waals surface area contributed by atoms with Crippen LogP contribution in [0.3, 0.4) is 0 Å². The normalized spacial score (nSPS) is 18.6. The summed E-state index contributed by atoms with van der Waals surface area (Å²) in [5, 5.41) is 12.4. The zero-order valence-electron chi connectivity index (χ0n) is 12.5. The van der Waals surface area contributed by atoms with Gasteiger partial charge in [-0.1, -0.05) is 0 Å². The standard InChI is InChI=1S/C15H21N3O2/c1-10-11(2)20-12(3)13(10)14(19)17-15(9-16)5-7-18(4)8-6-15/h5-8H2,1-4H3,(H,17,19). The van der Waals surface area contributed by atoms with Crippen molar-refractivity contribution in [3.05, 3.63) is 22.6 Å². The van der Waals surface area contributed by atoms with Gasteiger partial charge in [-0.05, 0) is 40.7 Å². The smallest absolute Gasteiger partial charge is 0.256 e. The number of carbonyl (C=O) groups is 1. The number of piperidine rings is 1. The van der Waals surface area contributed by atoms with Gasteiger partial charge in [0.25, 0.3) is 5.91 Å². The summed E-state index contributed by atoms with van der Waals surface area (Å²) in [6.07, 6.45) is 1.31. The number of rotatable bonds is 2. The largest absolute Gasteiger partial charge is 0.466 e. The number of hydrogen-bond donors (Lipinski definition) is 1. The topological polar surface area (TPSA) is 69.3 Å². The lowest BCUT2D eigenvalue weighted by Gasteiger charge is -2.36. The van der Waals surface area contributed by atoms with E-state index in [0.717, 1.165) is 24.4 Å². The lowest BCUT2D eigenvalue weighted by molar-refractivity contribution is 0.0880. The first kappa shape index (κ1) is 14.6. The second-order valence-corrected chi connectivity index (χ2v) is 5.67. The molecule has 2 rings (SSSR count). The van der Waals surface area contributed by atoms with Crippen molar-refractivity contribution in [3.8, 4) is 6.07 Å². The number of amides is 1. The molecule has 0 spiro atoms. The first-order chi connectivity index (χ1) is 9.38. The van der Waals surface area contributed by atoms with Crippen molar-refractivity contribution in [3.63, 3.8) is 0 Å². The second-order valence-electron chi connectivity index (χ2n) is 5.67. The molecule has 1 aliphatic heterocycles. The van der Waals surface area contributed by atoms with Crippen LogP contribution in [0.2, 0.25) is 0 Å². The van der Waals surface area contributed by atoms with Gasteiger partial charge in [0.05, 0.1) is 11.6 Å². The van der Waals surface area contributed by atoms with E-state index in [2.05, 4.69) is 16.3 Å². The maximum absolute atomic E-state index is 12.5. The molecule has 0 saturated carbocycles. The van der Waals surface area contributed by atoms with Crippen molar-refractivity contribution in [1.29, 1.82) is 5.26 Å². The minimum atomic E-state index is -0.756. The predicted molar refractivity (Wildman–Crippen MR) is 75.5 cm³/mol. The Balaban J connectivity index is 2.20. The van der Waals surface area contributed by atoms with Crippen molar-refractivity contribution in [2.75, 3.05) is 20.1 Å². The van der Waals surface area contributed by atoms with Gasteiger partial charge in [-0.15, -0.1) is 0 Å². The highest BCUT2D eigenvalue weighted by Crippen LogP contribution is 2.25. The Labute approximate surface area is 119 Å². The number of nitriles is 1. The van der Waals surface area contributed by atoms with Crippen molar-refractivity contribution in [2.45, 2.75) is 39.2 Å². The van der Waals surface area contributed by atoms with Crippen molar-refractivity contribution in [1.82, 2.24) is 10.2 Å². The number of furan rings is 1. The van der Waals surface area contributed by atoms with Gasteiger partial charge in [-0.2, -0.15) is 5.26 Å². The molecule has 1 amide bonds. The first-order valence-electron chi connectivity index (χ1n) is 6.87. The molecule has 0 radical (unpaired) electrons. The molecular formula is C15H21N3O2. The minimum Gasteiger partial charge on any atom is -0.466 e. The van der Waals surface area contributed by atoms with Crippen molar-refractivity contribution >= 4 is 5.91 Å². The number of likely N-dealkylation sites (tertiary alicyclic amines) is 1. The van der Waals surface area contributed by atoms with Gasteiger partial charge in [0.1, 0.15) is 17.1 Å². The molecule has 0 bridgehead atoms. The predicted octanol–water partition coefficient (Wildman–Crippen LogP) is 1.92. The van der Waals surface area contributed by atoms with Crippen LogP contribution < -0.4 is 5.32 Å². The average molecular weight is 275 g/mol. The molecule has 0 atom stereocenters. The molecule has 1 aromatic heterocycles. The summed E-state index contributed by atoms with van der Waals surface area (Å²) in [7, 11) is 2.02. The van der Waals surface area contributed by atoms with E-state index < -0.39 is 5.54 Å². The molecule has 1 aliphatic rings. The monoisotopic (exact) mass is 275 g/mol. The third-order valence-corrected chi connectivity index (χ3v) is 4.20. The lowest BCUT2D eigenvalue weighted by atomic mass is 9.88. The van der Waals surface area contributed by atoms with Gasteiger partial charge >= 0.3 is 0 Å². The molecule has 5 heteroatoms. The third kappa shape index (κ3) is 2.56. The van der Waals surface area contributed by atoms with Crippen LogP contribution in [-0.4, -0.2) is 36.5 Å². The quantitative estimate of drug-likeness (QED) is 0.895. The van der Waals surface area contributed by atoms with Crippen molar-refractivity contribution in [2.24, 2.45) is 0 Å². The molecule has 0 unspecified atom stereocenters. The zero-order valence-corrected chi connectivity index (χ0v) is 12.5. The molecule has 1 fully saturated rings. The Morgan fingerprint density at radius 1 is 1.30 bits per heavy atom. The van der Waals surface area contributed by atoms with Crippen molar-refractivity contribution < 1.29 is 9.21 Å². The van der Waals surface area contributed by atoms with E-state index in [1.807, 2.05) is 20.9 Å². The Kier molecular flexibility index (Phi) is 3.87. The Morgan fingerprint density at radius 3 is 2.35 bits per heavy atom. The number of hydrogen-bond acceptors (Lipinski definition) is 4. The average Bonchev–Trinajstić information content (AvgIpc) is 2.66. The van der Waals surface area contributed by atoms with Gasteiger partial charge in [0, 0.05) is 18.7 Å². The van der Waals surface area contributed by atoms with E-state index in [-0.39, 0.29) is 5.91 Å². The summed E-state index contributed by atoms with van der Waals surface area (Å²) in [6, 6.07) is 2.30. The van der Waals surface area contributed by atoms with Gasteiger partial charge in [-0.25, -0.2) is 0 Å².